The van der Waals surface area contributed by atoms with Gasteiger partial charge in [-0.25, -0.2) is 4.79 Å². The number of carbonyl (C=O) groups is 1. The molecule has 0 aliphatic carbocycles. The van der Waals surface area contributed by atoms with Crippen molar-refractivity contribution in [2.45, 2.75) is 40.0 Å². The number of nitro groups is 1. The first kappa shape index (κ1) is 26.8. The molecule has 0 saturated heterocycles. The van der Waals surface area contributed by atoms with Gasteiger partial charge in [-0.15, -0.1) is 0 Å². The van der Waals surface area contributed by atoms with E-state index in [-0.39, 0.29) is 18.3 Å². The van der Waals surface area contributed by atoms with Crippen molar-refractivity contribution in [1.82, 2.24) is 4.57 Å². The monoisotopic (exact) mass is 518 g/mol. The van der Waals surface area contributed by atoms with Crippen LogP contribution in [0.2, 0.25) is 0 Å². The molecule has 0 bridgehead atoms. The van der Waals surface area contributed by atoms with Gasteiger partial charge in [-0.1, -0.05) is 11.2 Å². The van der Waals surface area contributed by atoms with Crippen molar-refractivity contribution in [2.24, 2.45) is 10.9 Å². The number of hydrogen-bond donors (Lipinski definition) is 1. The van der Waals surface area contributed by atoms with Crippen LogP contribution in [0.25, 0.3) is 21.8 Å². The first-order valence-electron chi connectivity index (χ1n) is 12.2. The summed E-state index contributed by atoms with van der Waals surface area (Å²) in [6, 6.07) is 16.0. The number of fused-ring (bicyclic) bond motifs is 3. The van der Waals surface area contributed by atoms with E-state index < -0.39 is 10.9 Å². The molecule has 1 heterocycles. The van der Waals surface area contributed by atoms with Crippen LogP contribution in [0.3, 0.4) is 0 Å². The lowest BCUT2D eigenvalue weighted by Crippen LogP contribution is -2.18. The van der Waals surface area contributed by atoms with E-state index in [4.69, 9.17) is 20.0 Å². The molecule has 0 amide bonds. The van der Waals surface area contributed by atoms with Gasteiger partial charge < -0.3 is 24.6 Å². The fourth-order valence-electron chi connectivity index (χ4n) is 4.61. The van der Waals surface area contributed by atoms with Gasteiger partial charge in [0.25, 0.3) is 5.69 Å². The fourth-order valence-corrected chi connectivity index (χ4v) is 4.61. The number of methoxy groups -OCH3 is 1. The topological polar surface area (TPSA) is 131 Å². The third kappa shape index (κ3) is 5.36. The first-order valence-corrected chi connectivity index (χ1v) is 12.2. The van der Waals surface area contributed by atoms with Crippen molar-refractivity contribution in [3.63, 3.8) is 0 Å². The highest BCUT2D eigenvalue weighted by Gasteiger charge is 2.19. The maximum Gasteiger partial charge on any atom is 0.332 e. The first-order chi connectivity index (χ1) is 18.3. The normalized spacial score (nSPS) is 12.6. The van der Waals surface area contributed by atoms with Gasteiger partial charge in [0.05, 0.1) is 11.5 Å². The Morgan fingerprint density at radius 3 is 2.45 bits per heavy atom. The minimum Gasteiger partial charge on any atom is -0.488 e. The standard InChI is InChI=1S/C28H30N4O6/c1-5-31-26-10-6-19(13-24(26)25-14-21(32(34)35)7-11-27(25)31)28(30-38-18(3)33)23-9-8-22(12-20(23)15-29)37-17(2)16-36-4/h6-14,17H,5,15-16,29H2,1-4H3. The second-order valence-electron chi connectivity index (χ2n) is 8.86. The van der Waals surface area contributed by atoms with Crippen LogP contribution in [-0.2, 0) is 27.5 Å². The van der Waals surface area contributed by atoms with Gasteiger partial charge in [-0.2, -0.15) is 0 Å². The van der Waals surface area contributed by atoms with E-state index in [2.05, 4.69) is 9.72 Å². The highest BCUT2D eigenvalue weighted by atomic mass is 16.7. The summed E-state index contributed by atoms with van der Waals surface area (Å²) in [6.45, 7) is 6.50. The van der Waals surface area contributed by atoms with Crippen LogP contribution in [-0.4, -0.2) is 41.0 Å². The molecule has 1 unspecified atom stereocenters. The molecule has 0 spiro atoms. The summed E-state index contributed by atoms with van der Waals surface area (Å²) in [5, 5.41) is 17.2. The molecule has 4 aromatic rings. The molecule has 10 nitrogen and oxygen atoms in total. The van der Waals surface area contributed by atoms with E-state index in [9.17, 15) is 14.9 Å². The minimum absolute atomic E-state index is 0.00979. The zero-order valence-electron chi connectivity index (χ0n) is 21.8. The predicted molar refractivity (Wildman–Crippen MR) is 145 cm³/mol. The number of benzene rings is 3. The van der Waals surface area contributed by atoms with E-state index in [1.165, 1.54) is 13.0 Å². The Morgan fingerprint density at radius 1 is 1.11 bits per heavy atom. The Hall–Kier alpha value is -4.28. The smallest absolute Gasteiger partial charge is 0.332 e. The summed E-state index contributed by atoms with van der Waals surface area (Å²) in [6.07, 6.45) is -0.159. The quantitative estimate of drug-likeness (QED) is 0.137. The molecule has 0 radical (unpaired) electrons. The van der Waals surface area contributed by atoms with Crippen LogP contribution < -0.4 is 10.5 Å². The van der Waals surface area contributed by atoms with Crippen molar-refractivity contribution in [2.75, 3.05) is 13.7 Å². The minimum atomic E-state index is -0.565. The number of nitrogens with two attached hydrogens (primary N) is 1. The maximum atomic E-state index is 11.7. The number of nitro benzene ring substituents is 1. The van der Waals surface area contributed by atoms with E-state index in [0.29, 0.717) is 35.7 Å². The molecule has 0 saturated carbocycles. The van der Waals surface area contributed by atoms with Crippen molar-refractivity contribution in [1.29, 1.82) is 0 Å². The number of aromatic nitrogens is 1. The van der Waals surface area contributed by atoms with E-state index in [1.54, 1.807) is 25.3 Å². The summed E-state index contributed by atoms with van der Waals surface area (Å²) in [4.78, 5) is 27.8. The Morgan fingerprint density at radius 2 is 1.82 bits per heavy atom. The van der Waals surface area contributed by atoms with Crippen molar-refractivity contribution >= 4 is 39.2 Å². The third-order valence-electron chi connectivity index (χ3n) is 6.20. The van der Waals surface area contributed by atoms with Gasteiger partial charge >= 0.3 is 5.97 Å². The Balaban J connectivity index is 1.89. The summed E-state index contributed by atoms with van der Waals surface area (Å²) in [5.74, 6) is 0.0591. The number of oxime groups is 1. The van der Waals surface area contributed by atoms with E-state index in [1.807, 2.05) is 44.2 Å². The second-order valence-corrected chi connectivity index (χ2v) is 8.86. The number of non-ortho nitro benzene ring substituents is 1. The predicted octanol–water partition coefficient (Wildman–Crippen LogP) is 4.91. The lowest BCUT2D eigenvalue weighted by molar-refractivity contribution is -0.384. The Labute approximate surface area is 219 Å². The Bertz CT molecular complexity index is 1540. The molecule has 0 fully saturated rings. The van der Waals surface area contributed by atoms with Gasteiger partial charge in [-0.05, 0) is 55.8 Å². The van der Waals surface area contributed by atoms with Crippen molar-refractivity contribution in [3.8, 4) is 5.75 Å². The number of nitrogens with zero attached hydrogens (tertiary/aromatic N) is 3. The van der Waals surface area contributed by atoms with Crippen LogP contribution in [0, 0.1) is 10.1 Å². The highest BCUT2D eigenvalue weighted by Crippen LogP contribution is 2.33. The Kier molecular flexibility index (Phi) is 8.04. The van der Waals surface area contributed by atoms with E-state index in [0.717, 1.165) is 27.4 Å². The molecule has 0 aliphatic rings. The van der Waals surface area contributed by atoms with Gasteiger partial charge in [-0.3, -0.25) is 10.1 Å². The zero-order valence-corrected chi connectivity index (χ0v) is 21.8. The number of aryl methyl sites for hydroxylation is 1. The van der Waals surface area contributed by atoms with Gasteiger partial charge in [0.15, 0.2) is 0 Å². The average Bonchev–Trinajstić information content (AvgIpc) is 3.21. The maximum absolute atomic E-state index is 11.7. The number of rotatable bonds is 10. The lowest BCUT2D eigenvalue weighted by atomic mass is 9.96. The molecular weight excluding hydrogens is 488 g/mol. The van der Waals surface area contributed by atoms with Crippen LogP contribution in [0.4, 0.5) is 5.69 Å². The van der Waals surface area contributed by atoms with Crippen LogP contribution in [0.15, 0.2) is 59.8 Å². The molecule has 10 heteroatoms. The van der Waals surface area contributed by atoms with Crippen molar-refractivity contribution in [3.05, 3.63) is 81.4 Å². The molecule has 1 atom stereocenters. The molecular formula is C28H30N4O6. The summed E-state index contributed by atoms with van der Waals surface area (Å²) < 4.78 is 13.2. The molecule has 4 rings (SSSR count). The molecule has 0 aliphatic heterocycles. The SMILES string of the molecule is CCn1c2ccc(C(=NOC(C)=O)c3ccc(OC(C)COC)cc3CN)cc2c2cc([N+](=O)[O-])ccc21. The number of ether oxygens (including phenoxy) is 2. The van der Waals surface area contributed by atoms with Crippen LogP contribution >= 0.6 is 0 Å². The summed E-state index contributed by atoms with van der Waals surface area (Å²) in [7, 11) is 1.61. The third-order valence-corrected chi connectivity index (χ3v) is 6.20. The molecule has 3 aromatic carbocycles. The fraction of sp³-hybridized carbons (Fsp3) is 0.286. The van der Waals surface area contributed by atoms with Crippen LogP contribution in [0.1, 0.15) is 37.5 Å². The molecule has 2 N–H and O–H groups in total. The van der Waals surface area contributed by atoms with Gasteiger partial charge in [0.1, 0.15) is 17.6 Å². The summed E-state index contributed by atoms with van der Waals surface area (Å²) >= 11 is 0. The average molecular weight is 519 g/mol. The molecule has 198 valence electrons. The molecule has 1 aromatic heterocycles. The largest absolute Gasteiger partial charge is 0.488 e. The number of carbonyl (C=O) groups excluding carboxylic acids is 1. The number of hydrogen-bond acceptors (Lipinski definition) is 8. The lowest BCUT2D eigenvalue weighted by Gasteiger charge is -2.17. The van der Waals surface area contributed by atoms with Gasteiger partial charge in [0.2, 0.25) is 0 Å². The van der Waals surface area contributed by atoms with Crippen molar-refractivity contribution < 1.29 is 24.0 Å². The zero-order chi connectivity index (χ0) is 27.4. The van der Waals surface area contributed by atoms with E-state index >= 15 is 0 Å². The summed E-state index contributed by atoms with van der Waals surface area (Å²) in [5.41, 5.74) is 10.4. The highest BCUT2D eigenvalue weighted by molar-refractivity contribution is 6.17. The van der Waals surface area contributed by atoms with Gasteiger partial charge in [0, 0.05) is 72.2 Å². The second kappa shape index (κ2) is 11.4. The van der Waals surface area contributed by atoms with Crippen LogP contribution in [0.5, 0.6) is 5.75 Å². The molecule has 38 heavy (non-hydrogen) atoms.